The van der Waals surface area contributed by atoms with Gasteiger partial charge in [-0.05, 0) is 111 Å². The third-order valence-corrected chi connectivity index (χ3v) is 18.7. The van der Waals surface area contributed by atoms with Crippen LogP contribution in [0.1, 0.15) is 62.6 Å². The number of fused-ring (bicyclic) bond motifs is 3. The molecule has 8 rings (SSSR count). The van der Waals surface area contributed by atoms with Crippen molar-refractivity contribution in [1.82, 2.24) is 10.2 Å². The molecule has 0 bridgehead atoms. The Labute approximate surface area is 386 Å². The molecule has 3 N–H and O–H groups in total. The molecule has 0 radical (unpaired) electrons. The third-order valence-electron chi connectivity index (χ3n) is 14.3. The van der Waals surface area contributed by atoms with E-state index in [1.54, 1.807) is 27.9 Å². The molecule has 16 heteroatoms. The highest BCUT2D eigenvalue weighted by atomic mass is 28.3. The van der Waals surface area contributed by atoms with Crippen molar-refractivity contribution in [1.29, 1.82) is 0 Å². The SMILES string of the molecule is CCOc1ccc2c(c1)CC(NCCCCO)C(=O)N2c1cccc(CN2C(=O)[C@]3(O[C@H](CC(=O)N4CCC[C@H]4CO)[C@@H]([Si](C)(C)c4ccc(OC)cc4)[C@@H]3C)c3cc([N+](=O)[O-])ccc32)c1. The first-order valence-electron chi connectivity index (χ1n) is 23.1. The van der Waals surface area contributed by atoms with E-state index in [9.17, 15) is 29.9 Å². The number of methoxy groups -OCH3 is 1. The van der Waals surface area contributed by atoms with Crippen molar-refractivity contribution in [3.63, 3.8) is 0 Å². The molecular weight excluding hydrogens is 859 g/mol. The average molecular weight is 920 g/mol. The van der Waals surface area contributed by atoms with Gasteiger partial charge in [-0.1, -0.05) is 49.5 Å². The topological polar surface area (TPSA) is 184 Å². The highest BCUT2D eigenvalue weighted by Gasteiger charge is 2.67. The van der Waals surface area contributed by atoms with E-state index in [0.29, 0.717) is 79.4 Å². The minimum atomic E-state index is -2.67. The summed E-state index contributed by atoms with van der Waals surface area (Å²) >= 11 is 0. The number of carbonyl (C=O) groups excluding carboxylic acids is 3. The van der Waals surface area contributed by atoms with Crippen LogP contribution in [-0.2, 0) is 37.7 Å². The Morgan fingerprint density at radius 2 is 1.76 bits per heavy atom. The lowest BCUT2D eigenvalue weighted by Crippen LogP contribution is -2.52. The van der Waals surface area contributed by atoms with Crippen LogP contribution in [0.5, 0.6) is 11.5 Å². The van der Waals surface area contributed by atoms with Gasteiger partial charge in [0.05, 0.1) is 75.8 Å². The van der Waals surface area contributed by atoms with Crippen LogP contribution in [0.4, 0.5) is 22.7 Å². The molecule has 4 aliphatic rings. The summed E-state index contributed by atoms with van der Waals surface area (Å²) in [5.74, 6) is 0.213. The van der Waals surface area contributed by atoms with Crippen LogP contribution in [0, 0.1) is 16.0 Å². The number of nitrogens with one attached hydrogen (secondary N) is 1. The molecule has 2 fully saturated rings. The van der Waals surface area contributed by atoms with Gasteiger partial charge in [0.25, 0.3) is 11.6 Å². The lowest BCUT2D eigenvalue weighted by Gasteiger charge is -2.37. The predicted molar refractivity (Wildman–Crippen MR) is 253 cm³/mol. The van der Waals surface area contributed by atoms with Crippen molar-refractivity contribution in [2.24, 2.45) is 5.92 Å². The van der Waals surface area contributed by atoms with Crippen LogP contribution in [-0.4, -0.2) is 104 Å². The number of carbonyl (C=O) groups is 3. The van der Waals surface area contributed by atoms with E-state index < -0.39 is 36.7 Å². The highest BCUT2D eigenvalue weighted by Crippen LogP contribution is 2.60. The maximum absolute atomic E-state index is 15.6. The highest BCUT2D eigenvalue weighted by molar-refractivity contribution is 6.91. The molecule has 66 heavy (non-hydrogen) atoms. The Morgan fingerprint density at radius 1 is 1.00 bits per heavy atom. The van der Waals surface area contributed by atoms with E-state index in [1.165, 1.54) is 12.1 Å². The smallest absolute Gasteiger partial charge is 0.269 e. The molecule has 4 aliphatic heterocycles. The number of amides is 3. The molecule has 1 spiro atoms. The number of anilines is 3. The van der Waals surface area contributed by atoms with Gasteiger partial charge in [0, 0.05) is 42.5 Å². The minimum Gasteiger partial charge on any atom is -0.497 e. The number of ether oxygens (including phenoxy) is 3. The fourth-order valence-corrected chi connectivity index (χ4v) is 15.1. The molecule has 4 aromatic carbocycles. The van der Waals surface area contributed by atoms with E-state index >= 15 is 4.79 Å². The van der Waals surface area contributed by atoms with Gasteiger partial charge in [0.15, 0.2) is 5.60 Å². The third kappa shape index (κ3) is 8.49. The van der Waals surface area contributed by atoms with Crippen LogP contribution in [0.2, 0.25) is 18.6 Å². The summed E-state index contributed by atoms with van der Waals surface area (Å²) < 4.78 is 18.5. The van der Waals surface area contributed by atoms with Gasteiger partial charge in [-0.15, -0.1) is 0 Å². The molecule has 6 atom stereocenters. The first-order chi connectivity index (χ1) is 31.8. The largest absolute Gasteiger partial charge is 0.497 e. The molecule has 15 nitrogen and oxygen atoms in total. The number of nitrogens with zero attached hydrogens (tertiary/aromatic N) is 4. The molecule has 0 aliphatic carbocycles. The van der Waals surface area contributed by atoms with E-state index in [4.69, 9.17) is 14.2 Å². The zero-order chi connectivity index (χ0) is 46.9. The van der Waals surface area contributed by atoms with Crippen LogP contribution >= 0.6 is 0 Å². The van der Waals surface area contributed by atoms with Crippen LogP contribution in [0.15, 0.2) is 84.9 Å². The maximum Gasteiger partial charge on any atom is 0.269 e. The van der Waals surface area contributed by atoms with Gasteiger partial charge in [-0.25, -0.2) is 0 Å². The Bertz CT molecular complexity index is 2470. The summed E-state index contributed by atoms with van der Waals surface area (Å²) in [5, 5.41) is 36.4. The molecule has 0 aromatic heterocycles. The van der Waals surface area contributed by atoms with Gasteiger partial charge < -0.3 is 39.5 Å². The minimum absolute atomic E-state index is 0.0197. The molecule has 4 aromatic rings. The molecular formula is C50H61N5O10Si. The fraction of sp³-hybridized carbons (Fsp3) is 0.460. The lowest BCUT2D eigenvalue weighted by atomic mass is 9.82. The molecule has 4 heterocycles. The summed E-state index contributed by atoms with van der Waals surface area (Å²) in [6.45, 7) is 9.89. The van der Waals surface area contributed by atoms with E-state index in [-0.39, 0.29) is 61.2 Å². The Kier molecular flexibility index (Phi) is 13.7. The second-order valence-corrected chi connectivity index (χ2v) is 23.2. The number of benzene rings is 4. The normalized spacial score (nSPS) is 23.7. The average Bonchev–Trinajstić information content (AvgIpc) is 3.98. The first kappa shape index (κ1) is 46.9. The summed E-state index contributed by atoms with van der Waals surface area (Å²) in [6.07, 6.45) is 2.52. The van der Waals surface area contributed by atoms with Crippen LogP contribution in [0.3, 0.4) is 0 Å². The monoisotopic (exact) mass is 919 g/mol. The Hall–Kier alpha value is -5.65. The van der Waals surface area contributed by atoms with E-state index in [2.05, 4.69) is 18.4 Å². The number of rotatable bonds is 17. The number of non-ortho nitro benzene ring substituents is 1. The van der Waals surface area contributed by atoms with Gasteiger partial charge in [0.1, 0.15) is 11.5 Å². The van der Waals surface area contributed by atoms with Crippen molar-refractivity contribution in [2.45, 2.75) is 101 Å². The van der Waals surface area contributed by atoms with Gasteiger partial charge >= 0.3 is 0 Å². The number of nitro benzene ring substituents is 1. The Morgan fingerprint density at radius 3 is 2.47 bits per heavy atom. The molecule has 1 unspecified atom stereocenters. The second-order valence-electron chi connectivity index (χ2n) is 18.5. The van der Waals surface area contributed by atoms with Crippen molar-refractivity contribution in [2.75, 3.05) is 49.8 Å². The number of aliphatic hydroxyl groups is 2. The number of hydrogen-bond acceptors (Lipinski definition) is 11. The zero-order valence-corrected chi connectivity index (χ0v) is 39.4. The molecule has 0 saturated carbocycles. The first-order valence-corrected chi connectivity index (χ1v) is 26.2. The van der Waals surface area contributed by atoms with Crippen molar-refractivity contribution in [3.8, 4) is 11.5 Å². The Balaban J connectivity index is 1.18. The number of hydrogen-bond donors (Lipinski definition) is 3. The predicted octanol–water partition coefficient (Wildman–Crippen LogP) is 6.09. The van der Waals surface area contributed by atoms with E-state index in [1.807, 2.05) is 80.6 Å². The lowest BCUT2D eigenvalue weighted by molar-refractivity contribution is -0.385. The van der Waals surface area contributed by atoms with Gasteiger partial charge in [-0.3, -0.25) is 29.4 Å². The van der Waals surface area contributed by atoms with Crippen molar-refractivity contribution < 1.29 is 43.7 Å². The quantitative estimate of drug-likeness (QED) is 0.0482. The van der Waals surface area contributed by atoms with Crippen molar-refractivity contribution in [3.05, 3.63) is 112 Å². The van der Waals surface area contributed by atoms with Crippen molar-refractivity contribution >= 4 is 53.7 Å². The number of unbranched alkanes of at least 4 members (excludes halogenated alkanes) is 1. The van der Waals surface area contributed by atoms with Gasteiger partial charge in [-0.2, -0.15) is 0 Å². The van der Waals surface area contributed by atoms with E-state index in [0.717, 1.165) is 22.9 Å². The molecule has 3 amide bonds. The number of likely N-dealkylation sites (tertiary alicyclic amines) is 1. The van der Waals surface area contributed by atoms with Crippen LogP contribution < -0.4 is 29.8 Å². The van der Waals surface area contributed by atoms with Crippen LogP contribution in [0.25, 0.3) is 0 Å². The summed E-state index contributed by atoms with van der Waals surface area (Å²) in [4.78, 5) is 61.3. The zero-order valence-electron chi connectivity index (χ0n) is 38.4. The fourth-order valence-electron chi connectivity index (χ4n) is 11.1. The summed E-state index contributed by atoms with van der Waals surface area (Å²) in [6, 6.07) is 24.8. The second kappa shape index (κ2) is 19.3. The standard InChI is InChI=1S/C50H61N5O10Si/c1-6-64-39-17-21-43-34(26-39)27-42(51-22-7-8-24-56)48(59)54(43)35-12-9-11-33(25-35)30-53-44-20-14-36(55(61)62)28-41(44)50(49(53)60)32(2)47(66(4,5)40-18-15-38(63-3)16-19-40)45(65-50)29-46(58)52-23-10-13-37(52)31-57/h9,11-12,14-21,25-26,28,32,37,42,45,47,51,56-57H,6-8,10,13,22-24,27,29-31H2,1-5H3/t32-,37-,42?,45+,47-,50+/m0/s1. The number of nitro groups is 1. The molecule has 350 valence electrons. The summed E-state index contributed by atoms with van der Waals surface area (Å²) in [5.41, 5.74) is 1.70. The molecule has 2 saturated heterocycles. The maximum atomic E-state index is 15.6. The number of aliphatic hydroxyl groups excluding tert-OH is 2. The summed E-state index contributed by atoms with van der Waals surface area (Å²) in [7, 11) is -1.06. The van der Waals surface area contributed by atoms with Gasteiger partial charge in [0.2, 0.25) is 11.8 Å².